The minimum Gasteiger partial charge on any atom is -0.444 e. The van der Waals surface area contributed by atoms with Gasteiger partial charge < -0.3 is 25.8 Å². The Kier molecular flexibility index (Phi) is 7.21. The predicted molar refractivity (Wildman–Crippen MR) is 120 cm³/mol. The Morgan fingerprint density at radius 3 is 2.45 bits per heavy atom. The number of azo groups is 1. The third-order valence-corrected chi connectivity index (χ3v) is 4.21. The Hall–Kier alpha value is -4.02. The van der Waals surface area contributed by atoms with Gasteiger partial charge in [0.05, 0.1) is 5.92 Å². The Morgan fingerprint density at radius 1 is 1.09 bits per heavy atom. The highest BCUT2D eigenvalue weighted by Gasteiger charge is 2.32. The minimum atomic E-state index is -0.705. The zero-order chi connectivity index (χ0) is 24.0. The van der Waals surface area contributed by atoms with Crippen molar-refractivity contribution in [2.45, 2.75) is 39.2 Å². The Morgan fingerprint density at radius 2 is 1.79 bits per heavy atom. The maximum absolute atomic E-state index is 12.0. The van der Waals surface area contributed by atoms with Crippen molar-refractivity contribution in [1.29, 1.82) is 0 Å². The first-order valence-electron chi connectivity index (χ1n) is 10.4. The maximum atomic E-state index is 12.0. The lowest BCUT2D eigenvalue weighted by molar-refractivity contribution is -0.135. The minimum absolute atomic E-state index is 0.0316. The smallest absolute Gasteiger partial charge is 0.408 e. The first-order valence-corrected chi connectivity index (χ1v) is 10.4. The average molecular weight is 454 g/mol. The number of ether oxygens (including phenoxy) is 2. The number of pyridine rings is 1. The molecule has 1 saturated carbocycles. The van der Waals surface area contributed by atoms with E-state index in [-0.39, 0.29) is 35.8 Å². The molecule has 0 aliphatic heterocycles. The van der Waals surface area contributed by atoms with E-state index in [4.69, 9.17) is 15.2 Å². The number of amides is 2. The molecule has 2 aromatic rings. The third kappa shape index (κ3) is 7.56. The molecule has 33 heavy (non-hydrogen) atoms. The molecule has 1 heterocycles. The van der Waals surface area contributed by atoms with Gasteiger partial charge in [-0.05, 0) is 57.9 Å². The third-order valence-electron chi connectivity index (χ3n) is 4.21. The first kappa shape index (κ1) is 23.6. The molecule has 3 rings (SSSR count). The number of para-hydroxylation sites is 1. The number of nitrogen functional groups attached to an aromatic ring is 1. The average Bonchev–Trinajstić information content (AvgIpc) is 3.57. The summed E-state index contributed by atoms with van der Waals surface area (Å²) in [6.07, 6.45) is 0.971. The molecule has 1 fully saturated rings. The Bertz CT molecular complexity index is 1080. The number of nitrogens with one attached hydrogen (secondary N) is 2. The van der Waals surface area contributed by atoms with Gasteiger partial charge >= 0.3 is 12.1 Å². The largest absolute Gasteiger partial charge is 0.444 e. The molecule has 0 radical (unpaired) electrons. The molecule has 4 N–H and O–H groups in total. The van der Waals surface area contributed by atoms with Gasteiger partial charge in [0.25, 0.3) is 0 Å². The van der Waals surface area contributed by atoms with Crippen molar-refractivity contribution in [2.24, 2.45) is 16.1 Å². The van der Waals surface area contributed by atoms with E-state index in [0.29, 0.717) is 11.4 Å². The molecule has 11 heteroatoms. The topological polar surface area (TPSA) is 157 Å². The second kappa shape index (κ2) is 10.1. The standard InChI is InChI=1S/C22H26N6O5/c1-22(2,3)33-21(31)24-12-18(29)25-17-11-10-15(19(23)26-17)28-27-14-6-4-5-7-16(14)32-20(30)13-8-9-13/h4-7,10-11,13H,8-9,12H2,1-3H3,(H,24,31)(H3,23,25,26,29). The fourth-order valence-electron chi connectivity index (χ4n) is 2.52. The van der Waals surface area contributed by atoms with Gasteiger partial charge in [-0.15, -0.1) is 10.2 Å². The van der Waals surface area contributed by atoms with Crippen molar-refractivity contribution in [1.82, 2.24) is 10.3 Å². The number of nitrogens with zero attached hydrogens (tertiary/aromatic N) is 3. The molecule has 0 unspecified atom stereocenters. The van der Waals surface area contributed by atoms with Crippen molar-refractivity contribution >= 4 is 41.0 Å². The molecule has 1 aliphatic carbocycles. The monoisotopic (exact) mass is 454 g/mol. The van der Waals surface area contributed by atoms with E-state index in [1.807, 2.05) is 0 Å². The van der Waals surface area contributed by atoms with Crippen molar-refractivity contribution < 1.29 is 23.9 Å². The number of nitrogens with two attached hydrogens (primary N) is 1. The molecule has 2 amide bonds. The summed E-state index contributed by atoms with van der Waals surface area (Å²) in [7, 11) is 0. The predicted octanol–water partition coefficient (Wildman–Crippen LogP) is 3.86. The molecule has 0 atom stereocenters. The highest BCUT2D eigenvalue weighted by Crippen LogP contribution is 2.34. The molecule has 0 bridgehead atoms. The molecule has 1 aliphatic rings. The van der Waals surface area contributed by atoms with Crippen molar-refractivity contribution in [3.05, 3.63) is 36.4 Å². The van der Waals surface area contributed by atoms with E-state index in [1.165, 1.54) is 12.1 Å². The van der Waals surface area contributed by atoms with E-state index in [2.05, 4.69) is 25.8 Å². The van der Waals surface area contributed by atoms with Crippen LogP contribution in [-0.4, -0.2) is 35.1 Å². The zero-order valence-corrected chi connectivity index (χ0v) is 18.6. The number of hydrogen-bond donors (Lipinski definition) is 3. The summed E-state index contributed by atoms with van der Waals surface area (Å²) in [5, 5.41) is 13.1. The summed E-state index contributed by atoms with van der Waals surface area (Å²) in [4.78, 5) is 39.7. The highest BCUT2D eigenvalue weighted by molar-refractivity contribution is 5.93. The van der Waals surface area contributed by atoms with Gasteiger partial charge in [-0.2, -0.15) is 0 Å². The summed E-state index contributed by atoms with van der Waals surface area (Å²) in [6, 6.07) is 9.81. The van der Waals surface area contributed by atoms with Crippen molar-refractivity contribution in [2.75, 3.05) is 17.6 Å². The van der Waals surface area contributed by atoms with Gasteiger partial charge in [-0.1, -0.05) is 12.1 Å². The van der Waals surface area contributed by atoms with E-state index >= 15 is 0 Å². The molecule has 11 nitrogen and oxygen atoms in total. The number of alkyl carbamates (subject to hydrolysis) is 1. The Balaban J connectivity index is 1.58. The molecule has 1 aromatic carbocycles. The molecular weight excluding hydrogens is 428 g/mol. The van der Waals surface area contributed by atoms with E-state index < -0.39 is 17.6 Å². The van der Waals surface area contributed by atoms with Crippen molar-refractivity contribution in [3.63, 3.8) is 0 Å². The normalized spacial score (nSPS) is 13.4. The van der Waals surface area contributed by atoms with Crippen molar-refractivity contribution in [3.8, 4) is 5.75 Å². The van der Waals surface area contributed by atoms with Gasteiger partial charge in [0.2, 0.25) is 5.91 Å². The van der Waals surface area contributed by atoms with E-state index in [9.17, 15) is 14.4 Å². The van der Waals surface area contributed by atoms with Gasteiger partial charge in [-0.3, -0.25) is 9.59 Å². The van der Waals surface area contributed by atoms with Crippen LogP contribution in [0.1, 0.15) is 33.6 Å². The molecule has 174 valence electrons. The van der Waals surface area contributed by atoms with Crippen LogP contribution < -0.4 is 21.1 Å². The lowest BCUT2D eigenvalue weighted by Crippen LogP contribution is -2.37. The summed E-state index contributed by atoms with van der Waals surface area (Å²) < 4.78 is 10.5. The van der Waals surface area contributed by atoms with E-state index in [1.54, 1.807) is 45.0 Å². The Labute approximate surface area is 190 Å². The number of carbonyl (C=O) groups excluding carboxylic acids is 3. The number of rotatable bonds is 7. The molecule has 0 spiro atoms. The number of aromatic nitrogens is 1. The summed E-state index contributed by atoms with van der Waals surface area (Å²) >= 11 is 0. The van der Waals surface area contributed by atoms with Crippen LogP contribution in [0.2, 0.25) is 0 Å². The lowest BCUT2D eigenvalue weighted by Gasteiger charge is -2.19. The quantitative estimate of drug-likeness (QED) is 0.325. The van der Waals surface area contributed by atoms with Gasteiger partial charge in [0, 0.05) is 0 Å². The second-order valence-corrected chi connectivity index (χ2v) is 8.37. The summed E-state index contributed by atoms with van der Waals surface area (Å²) in [6.45, 7) is 4.86. The van der Waals surface area contributed by atoms with Crippen LogP contribution in [-0.2, 0) is 14.3 Å². The highest BCUT2D eigenvalue weighted by atomic mass is 16.6. The summed E-state index contributed by atoms with van der Waals surface area (Å²) in [5.41, 5.74) is 5.90. The zero-order valence-electron chi connectivity index (χ0n) is 18.6. The van der Waals surface area contributed by atoms with E-state index in [0.717, 1.165) is 12.8 Å². The number of hydrogen-bond acceptors (Lipinski definition) is 9. The number of benzene rings is 1. The number of esters is 1. The second-order valence-electron chi connectivity index (χ2n) is 8.37. The number of carbonyl (C=O) groups is 3. The van der Waals surface area contributed by atoms with Gasteiger partial charge in [0.1, 0.15) is 29.3 Å². The van der Waals surface area contributed by atoms with Crippen LogP contribution in [0, 0.1) is 5.92 Å². The maximum Gasteiger partial charge on any atom is 0.408 e. The van der Waals surface area contributed by atoms with Crippen LogP contribution in [0.4, 0.5) is 27.8 Å². The molecular formula is C22H26N6O5. The fraction of sp³-hybridized carbons (Fsp3) is 0.364. The van der Waals surface area contributed by atoms with Crippen LogP contribution >= 0.6 is 0 Å². The fourth-order valence-corrected chi connectivity index (χ4v) is 2.52. The van der Waals surface area contributed by atoms with Crippen LogP contribution in [0.15, 0.2) is 46.6 Å². The van der Waals surface area contributed by atoms with Gasteiger partial charge in [0.15, 0.2) is 11.6 Å². The SMILES string of the molecule is CC(C)(C)OC(=O)NCC(=O)Nc1ccc(N=Nc2ccccc2OC(=O)C2CC2)c(N)n1. The van der Waals surface area contributed by atoms with Crippen LogP contribution in [0.25, 0.3) is 0 Å². The van der Waals surface area contributed by atoms with Gasteiger partial charge in [-0.25, -0.2) is 9.78 Å². The number of anilines is 2. The van der Waals surface area contributed by atoms with Crippen LogP contribution in [0.3, 0.4) is 0 Å². The van der Waals surface area contributed by atoms with Crippen LogP contribution in [0.5, 0.6) is 5.75 Å². The molecule has 1 aromatic heterocycles. The molecule has 0 saturated heterocycles. The summed E-state index contributed by atoms with van der Waals surface area (Å²) in [5.74, 6) is -0.304. The first-order chi connectivity index (χ1) is 15.6. The lowest BCUT2D eigenvalue weighted by atomic mass is 10.2.